The van der Waals surface area contributed by atoms with Gasteiger partial charge in [-0.3, -0.25) is 4.90 Å². The Morgan fingerprint density at radius 2 is 1.58 bits per heavy atom. The van der Waals surface area contributed by atoms with E-state index in [1.54, 1.807) is 0 Å². The van der Waals surface area contributed by atoms with E-state index >= 15 is 0 Å². The van der Waals surface area contributed by atoms with Gasteiger partial charge < -0.3 is 0 Å². The number of hydrogen-bond donors (Lipinski definition) is 0. The van der Waals surface area contributed by atoms with E-state index in [9.17, 15) is 0 Å². The lowest BCUT2D eigenvalue weighted by atomic mass is 10.0. The molecule has 2 aliphatic rings. The Morgan fingerprint density at radius 3 is 2.25 bits per heavy atom. The van der Waals surface area contributed by atoms with Crippen molar-refractivity contribution in [1.82, 2.24) is 4.90 Å². The van der Waals surface area contributed by atoms with Crippen LogP contribution in [0.5, 0.6) is 0 Å². The SMILES string of the molecule is [CH2]C1CCCCN1C1CCCC1. The van der Waals surface area contributed by atoms with Crippen LogP contribution in [0.15, 0.2) is 0 Å². The fourth-order valence-corrected chi connectivity index (χ4v) is 2.74. The molecule has 2 fully saturated rings. The minimum Gasteiger partial charge on any atom is -0.297 e. The maximum absolute atomic E-state index is 4.25. The third-order valence-electron chi connectivity index (χ3n) is 3.47. The van der Waals surface area contributed by atoms with Gasteiger partial charge in [0, 0.05) is 12.1 Å². The Hall–Kier alpha value is -0.0400. The number of likely N-dealkylation sites (tertiary alicyclic amines) is 1. The van der Waals surface area contributed by atoms with Gasteiger partial charge in [0.2, 0.25) is 0 Å². The molecule has 1 aliphatic carbocycles. The van der Waals surface area contributed by atoms with Crippen molar-refractivity contribution in [2.24, 2.45) is 0 Å². The molecule has 0 aromatic carbocycles. The molecular formula is C11H20N. The van der Waals surface area contributed by atoms with E-state index in [1.807, 2.05) is 0 Å². The smallest absolute Gasteiger partial charge is 0.00987 e. The monoisotopic (exact) mass is 166 g/mol. The number of nitrogens with zero attached hydrogens (tertiary/aromatic N) is 1. The highest BCUT2D eigenvalue weighted by Gasteiger charge is 2.27. The Morgan fingerprint density at radius 1 is 0.917 bits per heavy atom. The summed E-state index contributed by atoms with van der Waals surface area (Å²) in [6.07, 6.45) is 9.91. The van der Waals surface area contributed by atoms with Crippen molar-refractivity contribution in [3.05, 3.63) is 6.92 Å². The summed E-state index contributed by atoms with van der Waals surface area (Å²) in [4.78, 5) is 2.66. The van der Waals surface area contributed by atoms with Gasteiger partial charge in [-0.2, -0.15) is 0 Å². The Balaban J connectivity index is 1.91. The zero-order chi connectivity index (χ0) is 8.39. The van der Waals surface area contributed by atoms with Crippen LogP contribution < -0.4 is 0 Å². The molecule has 0 bridgehead atoms. The predicted molar refractivity (Wildman–Crippen MR) is 52.0 cm³/mol. The lowest BCUT2D eigenvalue weighted by Gasteiger charge is -2.37. The molecule has 1 radical (unpaired) electrons. The molecule has 0 aromatic rings. The van der Waals surface area contributed by atoms with Crippen LogP contribution >= 0.6 is 0 Å². The van der Waals surface area contributed by atoms with Gasteiger partial charge in [0.05, 0.1) is 0 Å². The molecule has 1 heteroatoms. The van der Waals surface area contributed by atoms with E-state index < -0.39 is 0 Å². The molecule has 2 rings (SSSR count). The maximum atomic E-state index is 4.25. The standard InChI is InChI=1S/C11H20N/c1-10-6-4-5-9-12(10)11-7-2-3-8-11/h10-11H,1-9H2. The van der Waals surface area contributed by atoms with Gasteiger partial charge >= 0.3 is 0 Å². The van der Waals surface area contributed by atoms with Crippen LogP contribution in [0.4, 0.5) is 0 Å². The van der Waals surface area contributed by atoms with Gasteiger partial charge in [-0.1, -0.05) is 19.3 Å². The average molecular weight is 166 g/mol. The van der Waals surface area contributed by atoms with E-state index in [0.29, 0.717) is 6.04 Å². The van der Waals surface area contributed by atoms with Crippen LogP contribution in [0.25, 0.3) is 0 Å². The zero-order valence-corrected chi connectivity index (χ0v) is 7.97. The second kappa shape index (κ2) is 3.78. The highest BCUT2D eigenvalue weighted by Crippen LogP contribution is 2.28. The van der Waals surface area contributed by atoms with Gasteiger partial charge in [0.25, 0.3) is 0 Å². The molecule has 1 atom stereocenters. The molecular weight excluding hydrogens is 146 g/mol. The Bertz CT molecular complexity index is 138. The van der Waals surface area contributed by atoms with Crippen LogP contribution in [0.1, 0.15) is 44.9 Å². The molecule has 1 heterocycles. The zero-order valence-electron chi connectivity index (χ0n) is 7.97. The van der Waals surface area contributed by atoms with Crippen molar-refractivity contribution in [3.8, 4) is 0 Å². The molecule has 1 nitrogen and oxygen atoms in total. The average Bonchev–Trinajstić information content (AvgIpc) is 2.57. The van der Waals surface area contributed by atoms with Crippen LogP contribution in [0, 0.1) is 6.92 Å². The molecule has 12 heavy (non-hydrogen) atoms. The quantitative estimate of drug-likeness (QED) is 0.579. The summed E-state index contributed by atoms with van der Waals surface area (Å²) >= 11 is 0. The van der Waals surface area contributed by atoms with Gasteiger partial charge in [0.1, 0.15) is 0 Å². The molecule has 1 unspecified atom stereocenters. The third-order valence-corrected chi connectivity index (χ3v) is 3.47. The van der Waals surface area contributed by atoms with Crippen LogP contribution in [-0.2, 0) is 0 Å². The van der Waals surface area contributed by atoms with Crippen molar-refractivity contribution in [1.29, 1.82) is 0 Å². The summed E-state index contributed by atoms with van der Waals surface area (Å²) in [6.45, 7) is 5.57. The van der Waals surface area contributed by atoms with Gasteiger partial charge in [-0.25, -0.2) is 0 Å². The first-order chi connectivity index (χ1) is 5.88. The van der Waals surface area contributed by atoms with Crippen molar-refractivity contribution in [3.63, 3.8) is 0 Å². The third kappa shape index (κ3) is 1.66. The molecule has 0 aromatic heterocycles. The molecule has 0 spiro atoms. The summed E-state index contributed by atoms with van der Waals surface area (Å²) < 4.78 is 0. The Kier molecular flexibility index (Phi) is 2.69. The summed E-state index contributed by atoms with van der Waals surface area (Å²) in [7, 11) is 0. The second-order valence-corrected chi connectivity index (χ2v) is 4.33. The number of rotatable bonds is 1. The number of piperidine rings is 1. The second-order valence-electron chi connectivity index (χ2n) is 4.33. The lowest BCUT2D eigenvalue weighted by Crippen LogP contribution is -2.43. The van der Waals surface area contributed by atoms with Crippen LogP contribution in [-0.4, -0.2) is 23.5 Å². The normalized spacial score (nSPS) is 34.2. The first-order valence-corrected chi connectivity index (χ1v) is 5.47. The highest BCUT2D eigenvalue weighted by atomic mass is 15.2. The van der Waals surface area contributed by atoms with Crippen LogP contribution in [0.2, 0.25) is 0 Å². The Labute approximate surface area is 76.1 Å². The fraction of sp³-hybridized carbons (Fsp3) is 0.909. The molecule has 0 N–H and O–H groups in total. The van der Waals surface area contributed by atoms with Gasteiger partial charge in [-0.05, 0) is 39.2 Å². The lowest BCUT2D eigenvalue weighted by molar-refractivity contribution is 0.122. The first kappa shape index (κ1) is 8.55. The summed E-state index contributed by atoms with van der Waals surface area (Å²) in [6, 6.07) is 1.52. The van der Waals surface area contributed by atoms with E-state index in [2.05, 4.69) is 11.8 Å². The van der Waals surface area contributed by atoms with E-state index in [0.717, 1.165) is 6.04 Å². The van der Waals surface area contributed by atoms with Crippen LogP contribution in [0.3, 0.4) is 0 Å². The minimum atomic E-state index is 0.627. The van der Waals surface area contributed by atoms with Crippen molar-refractivity contribution in [2.45, 2.75) is 57.0 Å². The van der Waals surface area contributed by atoms with E-state index in [4.69, 9.17) is 0 Å². The summed E-state index contributed by atoms with van der Waals surface area (Å²) in [5.41, 5.74) is 0. The fourth-order valence-electron chi connectivity index (χ4n) is 2.74. The predicted octanol–water partition coefficient (Wildman–Crippen LogP) is 2.62. The maximum Gasteiger partial charge on any atom is 0.00987 e. The number of hydrogen-bond acceptors (Lipinski definition) is 1. The first-order valence-electron chi connectivity index (χ1n) is 5.47. The summed E-state index contributed by atoms with van der Waals surface area (Å²) in [5, 5.41) is 0. The van der Waals surface area contributed by atoms with Crippen molar-refractivity contribution >= 4 is 0 Å². The van der Waals surface area contributed by atoms with Gasteiger partial charge in [-0.15, -0.1) is 0 Å². The van der Waals surface area contributed by atoms with Crippen molar-refractivity contribution < 1.29 is 0 Å². The van der Waals surface area contributed by atoms with Crippen molar-refractivity contribution in [2.75, 3.05) is 6.54 Å². The summed E-state index contributed by atoms with van der Waals surface area (Å²) in [5.74, 6) is 0. The molecule has 1 aliphatic heterocycles. The largest absolute Gasteiger partial charge is 0.297 e. The van der Waals surface area contributed by atoms with Gasteiger partial charge in [0.15, 0.2) is 0 Å². The van der Waals surface area contributed by atoms with E-state index in [-0.39, 0.29) is 0 Å². The molecule has 1 saturated carbocycles. The topological polar surface area (TPSA) is 3.24 Å². The molecule has 1 saturated heterocycles. The highest BCUT2D eigenvalue weighted by molar-refractivity contribution is 4.86. The minimum absolute atomic E-state index is 0.627. The van der Waals surface area contributed by atoms with E-state index in [1.165, 1.54) is 51.5 Å². The molecule has 0 amide bonds. The molecule has 69 valence electrons.